The lowest BCUT2D eigenvalue weighted by molar-refractivity contribution is -0.135. The minimum absolute atomic E-state index is 0.0661. The number of piperazine rings is 1. The molecule has 2 atom stereocenters. The van der Waals surface area contributed by atoms with Crippen LogP contribution in [0.2, 0.25) is 5.02 Å². The molecule has 2 amide bonds. The summed E-state index contributed by atoms with van der Waals surface area (Å²) >= 11 is 6.00. The Balaban J connectivity index is 1.68. The van der Waals surface area contributed by atoms with Crippen molar-refractivity contribution in [3.05, 3.63) is 64.2 Å². The van der Waals surface area contributed by atoms with E-state index in [-0.39, 0.29) is 29.7 Å². The summed E-state index contributed by atoms with van der Waals surface area (Å²) in [7, 11) is 3.96. The van der Waals surface area contributed by atoms with Gasteiger partial charge in [-0.1, -0.05) is 62.2 Å². The molecule has 2 unspecified atom stereocenters. The van der Waals surface area contributed by atoms with Crippen molar-refractivity contribution in [1.82, 2.24) is 15.1 Å². The van der Waals surface area contributed by atoms with Gasteiger partial charge in [0.25, 0.3) is 0 Å². The molecule has 0 spiro atoms. The van der Waals surface area contributed by atoms with E-state index < -0.39 is 0 Å². The normalized spacial score (nSPS) is 15.7. The molecule has 2 aromatic carbocycles. The van der Waals surface area contributed by atoms with E-state index in [0.29, 0.717) is 31.0 Å². The van der Waals surface area contributed by atoms with Gasteiger partial charge in [-0.25, -0.2) is 0 Å². The molecule has 6 nitrogen and oxygen atoms in total. The van der Waals surface area contributed by atoms with Gasteiger partial charge in [-0.3, -0.25) is 9.59 Å². The fraction of sp³-hybridized carbons (Fsp3) is 0.533. The first-order chi connectivity index (χ1) is 17.5. The first-order valence-corrected chi connectivity index (χ1v) is 13.8. The first kappa shape index (κ1) is 29.0. The van der Waals surface area contributed by atoms with E-state index in [0.717, 1.165) is 36.4 Å². The van der Waals surface area contributed by atoms with Crippen molar-refractivity contribution in [3.63, 3.8) is 0 Å². The van der Waals surface area contributed by atoms with Gasteiger partial charge in [-0.15, -0.1) is 0 Å². The lowest BCUT2D eigenvalue weighted by Gasteiger charge is -2.39. The highest BCUT2D eigenvalue weighted by molar-refractivity contribution is 6.30. The van der Waals surface area contributed by atoms with E-state index in [2.05, 4.69) is 49.2 Å². The van der Waals surface area contributed by atoms with E-state index >= 15 is 0 Å². The van der Waals surface area contributed by atoms with Gasteiger partial charge in [0.1, 0.15) is 0 Å². The van der Waals surface area contributed by atoms with Crippen molar-refractivity contribution >= 4 is 29.1 Å². The molecule has 202 valence electrons. The third-order valence-electron chi connectivity index (χ3n) is 7.10. The highest BCUT2D eigenvalue weighted by atomic mass is 35.5. The number of carbonyl (C=O) groups is 2. The third-order valence-corrected chi connectivity index (χ3v) is 7.35. The fourth-order valence-electron chi connectivity index (χ4n) is 4.93. The van der Waals surface area contributed by atoms with Crippen LogP contribution in [0.3, 0.4) is 0 Å². The molecule has 1 heterocycles. The van der Waals surface area contributed by atoms with Crippen LogP contribution in [0.15, 0.2) is 42.5 Å². The van der Waals surface area contributed by atoms with E-state index in [1.54, 1.807) is 0 Å². The van der Waals surface area contributed by atoms with Crippen LogP contribution in [-0.2, 0) is 16.0 Å². The van der Waals surface area contributed by atoms with Crippen molar-refractivity contribution in [2.45, 2.75) is 46.6 Å². The van der Waals surface area contributed by atoms with Gasteiger partial charge in [0.05, 0.1) is 6.04 Å². The Hall–Kier alpha value is -2.57. The molecule has 1 aliphatic heterocycles. The molecular formula is C30H43ClN4O2. The van der Waals surface area contributed by atoms with E-state index in [4.69, 9.17) is 11.6 Å². The number of halogens is 1. The lowest BCUT2D eigenvalue weighted by atomic mass is 9.92. The van der Waals surface area contributed by atoms with Crippen LogP contribution in [0.5, 0.6) is 0 Å². The quantitative estimate of drug-likeness (QED) is 0.476. The molecule has 7 heteroatoms. The standard InChI is InChI=1S/C30H43ClN4O2/c1-21(2)29(32-28(36)13-14-33(5)6)26-19-22(3)7-12-27(26)34-15-17-35(18-16-34)30(37)23(4)20-24-8-10-25(31)11-9-24/h7-12,19,21,23,29H,13-18,20H2,1-6H3,(H,32,36). The van der Waals surface area contributed by atoms with Crippen molar-refractivity contribution in [2.24, 2.45) is 11.8 Å². The van der Waals surface area contributed by atoms with Crippen LogP contribution in [0.25, 0.3) is 0 Å². The Morgan fingerprint density at radius 1 is 1.00 bits per heavy atom. The molecule has 1 N–H and O–H groups in total. The molecule has 1 saturated heterocycles. The second-order valence-corrected chi connectivity index (χ2v) is 11.4. The van der Waals surface area contributed by atoms with Gasteiger partial charge in [0.15, 0.2) is 0 Å². The number of aryl methyl sites for hydroxylation is 1. The highest BCUT2D eigenvalue weighted by Crippen LogP contribution is 2.33. The van der Waals surface area contributed by atoms with Gasteiger partial charge in [0, 0.05) is 55.8 Å². The number of amides is 2. The van der Waals surface area contributed by atoms with Crippen LogP contribution in [0.1, 0.15) is 49.9 Å². The smallest absolute Gasteiger partial charge is 0.225 e. The fourth-order valence-corrected chi connectivity index (χ4v) is 5.05. The molecule has 1 aliphatic rings. The van der Waals surface area contributed by atoms with Gasteiger partial charge < -0.3 is 20.0 Å². The summed E-state index contributed by atoms with van der Waals surface area (Å²) in [6, 6.07) is 14.2. The summed E-state index contributed by atoms with van der Waals surface area (Å²) < 4.78 is 0. The van der Waals surface area contributed by atoms with Crippen LogP contribution < -0.4 is 10.2 Å². The van der Waals surface area contributed by atoms with Crippen LogP contribution >= 0.6 is 11.6 Å². The minimum atomic E-state index is -0.0784. The molecule has 37 heavy (non-hydrogen) atoms. The summed E-state index contributed by atoms with van der Waals surface area (Å²) in [6.07, 6.45) is 1.19. The summed E-state index contributed by atoms with van der Waals surface area (Å²) in [5.41, 5.74) is 4.61. The summed E-state index contributed by atoms with van der Waals surface area (Å²) in [5, 5.41) is 4.01. The first-order valence-electron chi connectivity index (χ1n) is 13.4. The van der Waals surface area contributed by atoms with E-state index in [1.807, 2.05) is 55.1 Å². The minimum Gasteiger partial charge on any atom is -0.368 e. The highest BCUT2D eigenvalue weighted by Gasteiger charge is 2.28. The molecular weight excluding hydrogens is 484 g/mol. The monoisotopic (exact) mass is 526 g/mol. The maximum absolute atomic E-state index is 13.2. The molecule has 1 fully saturated rings. The van der Waals surface area contributed by atoms with Crippen LogP contribution in [-0.4, -0.2) is 68.4 Å². The van der Waals surface area contributed by atoms with Crippen molar-refractivity contribution < 1.29 is 9.59 Å². The van der Waals surface area contributed by atoms with Gasteiger partial charge in [-0.05, 0) is 62.7 Å². The number of carbonyl (C=O) groups excluding carboxylic acids is 2. The Labute approximate surface area is 228 Å². The molecule has 3 rings (SSSR count). The number of benzene rings is 2. The van der Waals surface area contributed by atoms with E-state index in [9.17, 15) is 9.59 Å². The number of nitrogens with zero attached hydrogens (tertiary/aromatic N) is 3. The Morgan fingerprint density at radius 3 is 2.24 bits per heavy atom. The number of hydrogen-bond donors (Lipinski definition) is 1. The summed E-state index contributed by atoms with van der Waals surface area (Å²) in [5.74, 6) is 0.447. The maximum atomic E-state index is 13.2. The van der Waals surface area contributed by atoms with Crippen LogP contribution in [0.4, 0.5) is 5.69 Å². The molecule has 0 aliphatic carbocycles. The lowest BCUT2D eigenvalue weighted by Crippen LogP contribution is -2.50. The average molecular weight is 527 g/mol. The number of rotatable bonds is 10. The topological polar surface area (TPSA) is 55.9 Å². The molecule has 0 aromatic heterocycles. The molecule has 2 aromatic rings. The summed E-state index contributed by atoms with van der Waals surface area (Å²) in [6.45, 7) is 12.1. The zero-order valence-electron chi connectivity index (χ0n) is 23.3. The van der Waals surface area contributed by atoms with Crippen molar-refractivity contribution in [1.29, 1.82) is 0 Å². The predicted octanol–water partition coefficient (Wildman–Crippen LogP) is 4.94. The zero-order chi connectivity index (χ0) is 27.1. The predicted molar refractivity (Wildman–Crippen MR) is 153 cm³/mol. The van der Waals surface area contributed by atoms with E-state index in [1.165, 1.54) is 5.56 Å². The van der Waals surface area contributed by atoms with Gasteiger partial charge in [-0.2, -0.15) is 0 Å². The number of nitrogens with one attached hydrogen (secondary N) is 1. The average Bonchev–Trinajstić information content (AvgIpc) is 2.86. The third kappa shape index (κ3) is 8.21. The van der Waals surface area contributed by atoms with Crippen LogP contribution in [0, 0.1) is 18.8 Å². The Morgan fingerprint density at radius 2 is 1.65 bits per heavy atom. The largest absolute Gasteiger partial charge is 0.368 e. The van der Waals surface area contributed by atoms with Crippen molar-refractivity contribution in [3.8, 4) is 0 Å². The second kappa shape index (κ2) is 13.3. The van der Waals surface area contributed by atoms with Crippen molar-refractivity contribution in [2.75, 3.05) is 51.7 Å². The Kier molecular flexibility index (Phi) is 10.4. The molecule has 0 saturated carbocycles. The second-order valence-electron chi connectivity index (χ2n) is 10.9. The summed E-state index contributed by atoms with van der Waals surface area (Å²) in [4.78, 5) is 32.3. The molecule has 0 radical (unpaired) electrons. The number of anilines is 1. The number of hydrogen-bond acceptors (Lipinski definition) is 4. The van der Waals surface area contributed by atoms with Gasteiger partial charge >= 0.3 is 0 Å². The zero-order valence-corrected chi connectivity index (χ0v) is 24.0. The Bertz CT molecular complexity index is 1050. The maximum Gasteiger partial charge on any atom is 0.225 e. The SMILES string of the molecule is Cc1ccc(N2CCN(C(=O)C(C)Cc3ccc(Cl)cc3)CC2)c(C(NC(=O)CCN(C)C)C(C)C)c1. The molecule has 0 bridgehead atoms. The van der Waals surface area contributed by atoms with Gasteiger partial charge in [0.2, 0.25) is 11.8 Å².